The summed E-state index contributed by atoms with van der Waals surface area (Å²) in [6.45, 7) is 8.69. The molecule has 0 aliphatic carbocycles. The van der Waals surface area contributed by atoms with E-state index >= 15 is 0 Å². The van der Waals surface area contributed by atoms with E-state index in [9.17, 15) is 0 Å². The Hall–Kier alpha value is -2.39. The number of aliphatic imine (C=N–C) groups is 1. The molecule has 6 nitrogen and oxygen atoms in total. The smallest absolute Gasteiger partial charge is 0.191 e. The van der Waals surface area contributed by atoms with Crippen molar-refractivity contribution in [2.24, 2.45) is 4.99 Å². The molecule has 0 saturated carbocycles. The van der Waals surface area contributed by atoms with Crippen molar-refractivity contribution in [2.45, 2.75) is 45.9 Å². The lowest BCUT2D eigenvalue weighted by atomic mass is 10.1. The number of aromatic nitrogens is 2. The molecule has 0 atom stereocenters. The van der Waals surface area contributed by atoms with Gasteiger partial charge in [0.25, 0.3) is 0 Å². The summed E-state index contributed by atoms with van der Waals surface area (Å²) in [4.78, 5) is 11.4. The monoisotopic (exact) mass is 558 g/mol. The number of hydrogen-bond acceptors (Lipinski definition) is 3. The van der Waals surface area contributed by atoms with Crippen LogP contribution in [0, 0.1) is 0 Å². The molecule has 176 valence electrons. The van der Waals surface area contributed by atoms with Crippen LogP contribution in [-0.2, 0) is 26.2 Å². The molecule has 0 spiro atoms. The van der Waals surface area contributed by atoms with Crippen molar-refractivity contribution in [1.29, 1.82) is 0 Å². The van der Waals surface area contributed by atoms with Gasteiger partial charge < -0.3 is 15.2 Å². The van der Waals surface area contributed by atoms with Crippen LogP contribution in [0.5, 0.6) is 0 Å². The average Bonchev–Trinajstić information content (AvgIpc) is 3.51. The van der Waals surface area contributed by atoms with Crippen LogP contribution < -0.4 is 10.6 Å². The van der Waals surface area contributed by atoms with Gasteiger partial charge in [0, 0.05) is 38.6 Å². The molecule has 2 heterocycles. The predicted molar refractivity (Wildman–Crippen MR) is 146 cm³/mol. The first kappa shape index (κ1) is 25.2. The van der Waals surface area contributed by atoms with Crippen LogP contribution in [0.25, 0.3) is 0 Å². The van der Waals surface area contributed by atoms with Crippen molar-refractivity contribution in [3.63, 3.8) is 0 Å². The third-order valence-electron chi connectivity index (χ3n) is 5.77. The summed E-state index contributed by atoms with van der Waals surface area (Å²) in [7, 11) is 0. The zero-order valence-electron chi connectivity index (χ0n) is 19.4. The number of guanidine groups is 1. The van der Waals surface area contributed by atoms with Crippen molar-refractivity contribution in [1.82, 2.24) is 25.1 Å². The Morgan fingerprint density at radius 2 is 1.70 bits per heavy atom. The maximum atomic E-state index is 4.79. The Bertz CT molecular complexity index is 978. The zero-order chi connectivity index (χ0) is 22.0. The fourth-order valence-electron chi connectivity index (χ4n) is 4.08. The van der Waals surface area contributed by atoms with E-state index in [1.807, 2.05) is 18.7 Å². The van der Waals surface area contributed by atoms with E-state index < -0.39 is 0 Å². The van der Waals surface area contributed by atoms with Gasteiger partial charge in [-0.2, -0.15) is 0 Å². The molecule has 1 aliphatic heterocycles. The lowest BCUT2D eigenvalue weighted by Gasteiger charge is -2.15. The van der Waals surface area contributed by atoms with Gasteiger partial charge in [-0.1, -0.05) is 48.5 Å². The highest BCUT2D eigenvalue weighted by molar-refractivity contribution is 14.0. The fourth-order valence-corrected chi connectivity index (χ4v) is 4.08. The van der Waals surface area contributed by atoms with Crippen molar-refractivity contribution in [2.75, 3.05) is 19.6 Å². The van der Waals surface area contributed by atoms with Gasteiger partial charge in [0.2, 0.25) is 0 Å². The van der Waals surface area contributed by atoms with Gasteiger partial charge >= 0.3 is 0 Å². The third-order valence-corrected chi connectivity index (χ3v) is 5.77. The first-order chi connectivity index (χ1) is 15.8. The van der Waals surface area contributed by atoms with Crippen LogP contribution in [0.1, 0.15) is 42.0 Å². The standard InChI is InChI=1S/C26H34N6.HI/c1-2-28-26(29-17-22-8-10-23(11-9-22)19-31-13-3-4-14-31)30-18-24-6-5-7-25(16-24)20-32-15-12-27-21-32;/h5-12,15-16,21H,2-4,13-14,17-20H2,1H3,(H2,28,29,30);1H. The quantitative estimate of drug-likeness (QED) is 0.232. The summed E-state index contributed by atoms with van der Waals surface area (Å²) in [5.41, 5.74) is 5.11. The Morgan fingerprint density at radius 3 is 2.42 bits per heavy atom. The van der Waals surface area contributed by atoms with Gasteiger partial charge in [0.15, 0.2) is 5.96 Å². The molecule has 2 aromatic carbocycles. The molecule has 2 N–H and O–H groups in total. The van der Waals surface area contributed by atoms with Crippen molar-refractivity contribution < 1.29 is 0 Å². The second kappa shape index (κ2) is 13.3. The van der Waals surface area contributed by atoms with E-state index in [1.165, 1.54) is 48.2 Å². The van der Waals surface area contributed by atoms with Gasteiger partial charge in [-0.05, 0) is 55.1 Å². The van der Waals surface area contributed by atoms with Crippen molar-refractivity contribution in [3.05, 3.63) is 89.5 Å². The van der Waals surface area contributed by atoms with Crippen molar-refractivity contribution >= 4 is 29.9 Å². The van der Waals surface area contributed by atoms with Gasteiger partial charge in [-0.25, -0.2) is 9.98 Å². The van der Waals surface area contributed by atoms with Gasteiger partial charge in [0.05, 0.1) is 12.9 Å². The SMILES string of the molecule is CCNC(=NCc1cccc(Cn2ccnc2)c1)NCc1ccc(CN2CCCC2)cc1.I. The second-order valence-corrected chi connectivity index (χ2v) is 8.40. The first-order valence-corrected chi connectivity index (χ1v) is 11.6. The summed E-state index contributed by atoms with van der Waals surface area (Å²) >= 11 is 0. The number of halogens is 1. The molecule has 0 amide bonds. The molecule has 4 rings (SSSR count). The number of hydrogen-bond donors (Lipinski definition) is 2. The highest BCUT2D eigenvalue weighted by Crippen LogP contribution is 2.13. The minimum Gasteiger partial charge on any atom is -0.357 e. The van der Waals surface area contributed by atoms with Crippen LogP contribution in [0.2, 0.25) is 0 Å². The number of nitrogens with one attached hydrogen (secondary N) is 2. The Labute approximate surface area is 214 Å². The predicted octanol–water partition coefficient (Wildman–Crippen LogP) is 4.40. The molecule has 33 heavy (non-hydrogen) atoms. The normalized spacial score (nSPS) is 14.2. The maximum Gasteiger partial charge on any atom is 0.191 e. The highest BCUT2D eigenvalue weighted by atomic mass is 127. The highest BCUT2D eigenvalue weighted by Gasteiger charge is 2.11. The summed E-state index contributed by atoms with van der Waals surface area (Å²) in [5.74, 6) is 0.841. The maximum absolute atomic E-state index is 4.79. The topological polar surface area (TPSA) is 57.5 Å². The largest absolute Gasteiger partial charge is 0.357 e. The van der Waals surface area contributed by atoms with Crippen LogP contribution in [0.3, 0.4) is 0 Å². The molecule has 1 aliphatic rings. The van der Waals surface area contributed by atoms with Gasteiger partial charge in [-0.3, -0.25) is 4.90 Å². The average molecular weight is 559 g/mol. The van der Waals surface area contributed by atoms with E-state index in [-0.39, 0.29) is 24.0 Å². The Balaban J connectivity index is 0.00000306. The van der Waals surface area contributed by atoms with Gasteiger partial charge in [-0.15, -0.1) is 24.0 Å². The second-order valence-electron chi connectivity index (χ2n) is 8.40. The number of rotatable bonds is 9. The summed E-state index contributed by atoms with van der Waals surface area (Å²) in [6.07, 6.45) is 8.31. The molecule has 0 unspecified atom stereocenters. The minimum absolute atomic E-state index is 0. The van der Waals surface area contributed by atoms with E-state index in [4.69, 9.17) is 4.99 Å². The van der Waals surface area contributed by atoms with Crippen molar-refractivity contribution in [3.8, 4) is 0 Å². The molecule has 3 aromatic rings. The summed E-state index contributed by atoms with van der Waals surface area (Å²) in [5, 5.41) is 6.82. The molecular formula is C26H35IN6. The summed E-state index contributed by atoms with van der Waals surface area (Å²) in [6, 6.07) is 17.5. The number of likely N-dealkylation sites (tertiary alicyclic amines) is 1. The number of imidazole rings is 1. The first-order valence-electron chi connectivity index (χ1n) is 11.6. The lowest BCUT2D eigenvalue weighted by molar-refractivity contribution is 0.331. The van der Waals surface area contributed by atoms with E-state index in [2.05, 4.69) is 80.5 Å². The van der Waals surface area contributed by atoms with E-state index in [0.717, 1.165) is 32.1 Å². The van der Waals surface area contributed by atoms with Crippen LogP contribution in [-0.4, -0.2) is 40.0 Å². The van der Waals surface area contributed by atoms with E-state index in [1.54, 1.807) is 0 Å². The molecule has 1 saturated heterocycles. The van der Waals surface area contributed by atoms with Crippen LogP contribution >= 0.6 is 24.0 Å². The van der Waals surface area contributed by atoms with Crippen LogP contribution in [0.4, 0.5) is 0 Å². The third kappa shape index (κ3) is 8.16. The molecule has 1 aromatic heterocycles. The van der Waals surface area contributed by atoms with Crippen LogP contribution in [0.15, 0.2) is 72.2 Å². The summed E-state index contributed by atoms with van der Waals surface area (Å²) < 4.78 is 2.07. The Kier molecular flexibility index (Phi) is 10.2. The fraction of sp³-hybridized carbons (Fsp3) is 0.385. The molecule has 0 radical (unpaired) electrons. The van der Waals surface area contributed by atoms with Gasteiger partial charge in [0.1, 0.15) is 0 Å². The zero-order valence-corrected chi connectivity index (χ0v) is 21.7. The molecule has 0 bridgehead atoms. The minimum atomic E-state index is 0. The lowest BCUT2D eigenvalue weighted by Crippen LogP contribution is -2.36. The molecular weight excluding hydrogens is 523 g/mol. The molecule has 1 fully saturated rings. The molecule has 7 heteroatoms. The Morgan fingerprint density at radius 1 is 0.939 bits per heavy atom. The van der Waals surface area contributed by atoms with E-state index in [0.29, 0.717) is 6.54 Å². The number of nitrogens with zero attached hydrogens (tertiary/aromatic N) is 4. The number of benzene rings is 2.